The quantitative estimate of drug-likeness (QED) is 0.744. The average Bonchev–Trinajstić information content (AvgIpc) is 2.37. The number of rotatable bonds is 6. The molecule has 0 aromatic heterocycles. The van der Waals surface area contributed by atoms with E-state index in [2.05, 4.69) is 9.46 Å². The van der Waals surface area contributed by atoms with Crippen LogP contribution in [0.3, 0.4) is 0 Å². The molecule has 1 unspecified atom stereocenters. The van der Waals surface area contributed by atoms with Gasteiger partial charge in [-0.15, -0.1) is 0 Å². The molecule has 1 atom stereocenters. The molecule has 0 amide bonds. The smallest absolute Gasteiger partial charge is 0.337 e. The van der Waals surface area contributed by atoms with Crippen molar-refractivity contribution in [3.8, 4) is 0 Å². The number of carbonyl (C=O) groups is 1. The first kappa shape index (κ1) is 15.6. The van der Waals surface area contributed by atoms with E-state index in [0.29, 0.717) is 6.42 Å². The zero-order chi connectivity index (χ0) is 14.5. The van der Waals surface area contributed by atoms with Crippen LogP contribution in [0.15, 0.2) is 29.2 Å². The summed E-state index contributed by atoms with van der Waals surface area (Å²) in [5.41, 5.74) is 0.167. The molecule has 0 fully saturated rings. The summed E-state index contributed by atoms with van der Waals surface area (Å²) in [4.78, 5) is 11.3. The fraction of sp³-hybridized carbons (Fsp3) is 0.417. The highest BCUT2D eigenvalue weighted by Gasteiger charge is 2.18. The van der Waals surface area contributed by atoms with Crippen LogP contribution in [0.4, 0.5) is 0 Å². The number of nitrogens with one attached hydrogen (secondary N) is 1. The summed E-state index contributed by atoms with van der Waals surface area (Å²) in [6, 6.07) is 5.19. The molecule has 0 spiro atoms. The Balaban J connectivity index is 2.98. The molecule has 106 valence electrons. The van der Waals surface area contributed by atoms with Gasteiger partial charge in [-0.05, 0) is 31.5 Å². The molecule has 1 rings (SSSR count). The molecule has 0 radical (unpaired) electrons. The molecule has 0 bridgehead atoms. The second-order valence-corrected chi connectivity index (χ2v) is 5.77. The molecule has 1 aromatic carbocycles. The van der Waals surface area contributed by atoms with Gasteiger partial charge in [0.15, 0.2) is 0 Å². The molecule has 1 aromatic rings. The number of methoxy groups -OCH3 is 1. The van der Waals surface area contributed by atoms with E-state index in [-0.39, 0.29) is 17.1 Å². The lowest BCUT2D eigenvalue weighted by Crippen LogP contribution is -2.33. The number of carbonyl (C=O) groups excluding carboxylic acids is 1. The maximum atomic E-state index is 12.0. The molecule has 19 heavy (non-hydrogen) atoms. The molecule has 6 nitrogen and oxygen atoms in total. The molecule has 2 N–H and O–H groups in total. The number of hydrogen-bond donors (Lipinski definition) is 2. The first-order chi connectivity index (χ1) is 8.90. The Morgan fingerprint density at radius 1 is 1.47 bits per heavy atom. The minimum absolute atomic E-state index is 0.0137. The first-order valence-corrected chi connectivity index (χ1v) is 7.20. The van der Waals surface area contributed by atoms with E-state index in [1.165, 1.54) is 31.4 Å². The van der Waals surface area contributed by atoms with Gasteiger partial charge in [0.1, 0.15) is 0 Å². The SMILES string of the molecule is COC(=O)c1cccc(S(=O)(=O)NC(C)CCO)c1. The number of aliphatic hydroxyl groups excluding tert-OH is 1. The van der Waals surface area contributed by atoms with Crippen LogP contribution in [-0.4, -0.2) is 39.3 Å². The number of ether oxygens (including phenoxy) is 1. The Kier molecular flexibility index (Phi) is 5.46. The van der Waals surface area contributed by atoms with Gasteiger partial charge in [-0.3, -0.25) is 0 Å². The summed E-state index contributed by atoms with van der Waals surface area (Å²) in [5, 5.41) is 8.76. The van der Waals surface area contributed by atoms with Gasteiger partial charge in [0.2, 0.25) is 10.0 Å². The summed E-state index contributed by atoms with van der Waals surface area (Å²) >= 11 is 0. The van der Waals surface area contributed by atoms with Gasteiger partial charge in [-0.1, -0.05) is 6.07 Å². The van der Waals surface area contributed by atoms with Gasteiger partial charge < -0.3 is 9.84 Å². The standard InChI is InChI=1S/C12H17NO5S/c1-9(6-7-14)13-19(16,17)11-5-3-4-10(8-11)12(15)18-2/h3-5,8-9,13-14H,6-7H2,1-2H3. The third kappa shape index (κ3) is 4.30. The summed E-state index contributed by atoms with van der Waals surface area (Å²) in [5.74, 6) is -0.597. The molecule has 0 saturated heterocycles. The average molecular weight is 287 g/mol. The van der Waals surface area contributed by atoms with Crippen LogP contribution in [0.5, 0.6) is 0 Å². The van der Waals surface area contributed by atoms with Crippen molar-refractivity contribution in [2.24, 2.45) is 0 Å². The van der Waals surface area contributed by atoms with Gasteiger partial charge in [0.05, 0.1) is 17.6 Å². The van der Waals surface area contributed by atoms with Crippen molar-refractivity contribution in [2.75, 3.05) is 13.7 Å². The highest BCUT2D eigenvalue weighted by atomic mass is 32.2. The normalized spacial score (nSPS) is 13.0. The van der Waals surface area contributed by atoms with E-state index in [9.17, 15) is 13.2 Å². The van der Waals surface area contributed by atoms with E-state index in [4.69, 9.17) is 5.11 Å². The topological polar surface area (TPSA) is 92.7 Å². The van der Waals surface area contributed by atoms with E-state index in [0.717, 1.165) is 0 Å². The lowest BCUT2D eigenvalue weighted by molar-refractivity contribution is 0.0600. The van der Waals surface area contributed by atoms with E-state index >= 15 is 0 Å². The molecule has 0 aliphatic heterocycles. The van der Waals surface area contributed by atoms with Crippen molar-refractivity contribution in [1.82, 2.24) is 4.72 Å². The fourth-order valence-electron chi connectivity index (χ4n) is 1.49. The Labute approximate surface area is 112 Å². The molecule has 0 heterocycles. The van der Waals surface area contributed by atoms with Gasteiger partial charge in [-0.25, -0.2) is 17.9 Å². The van der Waals surface area contributed by atoms with Crippen LogP contribution in [0, 0.1) is 0 Å². The molecule has 0 aliphatic carbocycles. The van der Waals surface area contributed by atoms with Crippen molar-refractivity contribution in [2.45, 2.75) is 24.3 Å². The van der Waals surface area contributed by atoms with E-state index < -0.39 is 22.0 Å². The third-order valence-electron chi connectivity index (χ3n) is 2.48. The van der Waals surface area contributed by atoms with Crippen molar-refractivity contribution in [1.29, 1.82) is 0 Å². The maximum absolute atomic E-state index is 12.0. The number of benzene rings is 1. The highest BCUT2D eigenvalue weighted by Crippen LogP contribution is 2.13. The van der Waals surface area contributed by atoms with Gasteiger partial charge in [0, 0.05) is 12.6 Å². The summed E-state index contributed by atoms with van der Waals surface area (Å²) in [7, 11) is -2.49. The summed E-state index contributed by atoms with van der Waals surface area (Å²) in [6.45, 7) is 1.55. The monoisotopic (exact) mass is 287 g/mol. The Bertz CT molecular complexity index is 541. The molecular weight excluding hydrogens is 270 g/mol. The van der Waals surface area contributed by atoms with Crippen molar-refractivity contribution in [3.05, 3.63) is 29.8 Å². The van der Waals surface area contributed by atoms with Crippen LogP contribution in [0.1, 0.15) is 23.7 Å². The van der Waals surface area contributed by atoms with E-state index in [1.807, 2.05) is 0 Å². The first-order valence-electron chi connectivity index (χ1n) is 5.72. The number of aliphatic hydroxyl groups is 1. The van der Waals surface area contributed by atoms with Crippen LogP contribution in [0.25, 0.3) is 0 Å². The molecular formula is C12H17NO5S. The summed E-state index contributed by atoms with van der Waals surface area (Å²) < 4.78 is 31.0. The van der Waals surface area contributed by atoms with Gasteiger partial charge >= 0.3 is 5.97 Å². The second kappa shape index (κ2) is 6.65. The zero-order valence-electron chi connectivity index (χ0n) is 10.8. The fourth-order valence-corrected chi connectivity index (χ4v) is 2.82. The minimum Gasteiger partial charge on any atom is -0.465 e. The third-order valence-corrected chi connectivity index (χ3v) is 4.07. The van der Waals surface area contributed by atoms with Crippen LogP contribution >= 0.6 is 0 Å². The highest BCUT2D eigenvalue weighted by molar-refractivity contribution is 7.89. The lowest BCUT2D eigenvalue weighted by Gasteiger charge is -2.13. The maximum Gasteiger partial charge on any atom is 0.337 e. The number of hydrogen-bond acceptors (Lipinski definition) is 5. The zero-order valence-corrected chi connectivity index (χ0v) is 11.6. The predicted octanol–water partition coefficient (Wildman–Crippen LogP) is 0.522. The van der Waals surface area contributed by atoms with Crippen molar-refractivity contribution < 1.29 is 23.1 Å². The largest absolute Gasteiger partial charge is 0.465 e. The lowest BCUT2D eigenvalue weighted by atomic mass is 10.2. The predicted molar refractivity (Wildman–Crippen MR) is 69.3 cm³/mol. The Morgan fingerprint density at radius 2 is 2.16 bits per heavy atom. The van der Waals surface area contributed by atoms with Crippen molar-refractivity contribution >= 4 is 16.0 Å². The van der Waals surface area contributed by atoms with Gasteiger partial charge in [-0.2, -0.15) is 0 Å². The van der Waals surface area contributed by atoms with Gasteiger partial charge in [0.25, 0.3) is 0 Å². The number of sulfonamides is 1. The minimum atomic E-state index is -3.71. The van der Waals surface area contributed by atoms with Crippen LogP contribution in [-0.2, 0) is 14.8 Å². The summed E-state index contributed by atoms with van der Waals surface area (Å²) in [6.07, 6.45) is 0.315. The Hall–Kier alpha value is -1.44. The Morgan fingerprint density at radius 3 is 2.74 bits per heavy atom. The molecule has 0 saturated carbocycles. The van der Waals surface area contributed by atoms with Crippen LogP contribution < -0.4 is 4.72 Å². The number of esters is 1. The molecule has 7 heteroatoms. The van der Waals surface area contributed by atoms with E-state index in [1.54, 1.807) is 6.92 Å². The molecule has 0 aliphatic rings. The second-order valence-electron chi connectivity index (χ2n) is 4.05. The van der Waals surface area contributed by atoms with Crippen LogP contribution in [0.2, 0.25) is 0 Å². The van der Waals surface area contributed by atoms with Crippen molar-refractivity contribution in [3.63, 3.8) is 0 Å².